The summed E-state index contributed by atoms with van der Waals surface area (Å²) in [7, 11) is -4.22. The van der Waals surface area contributed by atoms with Crippen molar-refractivity contribution in [2.45, 2.75) is 49.9 Å². The van der Waals surface area contributed by atoms with Crippen molar-refractivity contribution >= 4 is 10.1 Å². The van der Waals surface area contributed by atoms with E-state index in [1.54, 1.807) is 0 Å². The molecule has 2 saturated carbocycles. The Labute approximate surface area is 90.4 Å². The molecular weight excluding hydrogens is 216 g/mol. The van der Waals surface area contributed by atoms with E-state index in [1.165, 1.54) is 0 Å². The first-order valence-electron chi connectivity index (χ1n) is 5.61. The maximum absolute atomic E-state index is 10.9. The van der Waals surface area contributed by atoms with E-state index in [2.05, 4.69) is 0 Å². The molecule has 0 saturated heterocycles. The first-order valence-corrected chi connectivity index (χ1v) is 7.08. The van der Waals surface area contributed by atoms with Gasteiger partial charge >= 0.3 is 0 Å². The summed E-state index contributed by atoms with van der Waals surface area (Å²) in [4.78, 5) is 0. The number of hydrogen-bond acceptors (Lipinski definition) is 4. The average Bonchev–Trinajstić information content (AvgIpc) is 2.16. The van der Waals surface area contributed by atoms with Gasteiger partial charge in [-0.15, -0.1) is 0 Å². The number of aliphatic hydroxyl groups is 1. The Morgan fingerprint density at radius 1 is 1.13 bits per heavy atom. The van der Waals surface area contributed by atoms with Gasteiger partial charge in [0.2, 0.25) is 0 Å². The van der Waals surface area contributed by atoms with Crippen LogP contribution in [0.3, 0.4) is 0 Å². The fourth-order valence-electron chi connectivity index (χ4n) is 3.15. The lowest BCUT2D eigenvalue weighted by Gasteiger charge is -2.42. The standard InChI is InChI=1S/C10H18O4S/c11-10-6-8(15(12,13)14)5-7-3-1-2-4-9(7)10/h7-11H,1-6H2,(H,12,13,14)/p-1. The molecule has 88 valence electrons. The van der Waals surface area contributed by atoms with Crippen LogP contribution in [0.2, 0.25) is 0 Å². The van der Waals surface area contributed by atoms with Crippen LogP contribution < -0.4 is 0 Å². The van der Waals surface area contributed by atoms with Gasteiger partial charge in [0.05, 0.1) is 21.5 Å². The molecule has 0 radical (unpaired) electrons. The molecule has 0 heterocycles. The van der Waals surface area contributed by atoms with Crippen LogP contribution in [-0.2, 0) is 10.1 Å². The second-order valence-electron chi connectivity index (χ2n) is 4.86. The van der Waals surface area contributed by atoms with Crippen molar-refractivity contribution < 1.29 is 18.1 Å². The second-order valence-corrected chi connectivity index (χ2v) is 6.51. The van der Waals surface area contributed by atoms with Crippen molar-refractivity contribution in [3.8, 4) is 0 Å². The Hall–Kier alpha value is -0.130. The highest BCUT2D eigenvalue weighted by molar-refractivity contribution is 7.86. The van der Waals surface area contributed by atoms with Gasteiger partial charge in [0.1, 0.15) is 0 Å². The molecule has 0 spiro atoms. The van der Waals surface area contributed by atoms with Gasteiger partial charge in [0.25, 0.3) is 0 Å². The number of hydrogen-bond donors (Lipinski definition) is 1. The molecule has 1 N–H and O–H groups in total. The van der Waals surface area contributed by atoms with Crippen molar-refractivity contribution in [3.63, 3.8) is 0 Å². The largest absolute Gasteiger partial charge is 0.748 e. The molecule has 2 rings (SSSR count). The predicted octanol–water partition coefficient (Wildman–Crippen LogP) is 0.861. The van der Waals surface area contributed by atoms with Crippen molar-refractivity contribution in [3.05, 3.63) is 0 Å². The van der Waals surface area contributed by atoms with Crippen molar-refractivity contribution in [1.82, 2.24) is 0 Å². The predicted molar refractivity (Wildman–Crippen MR) is 54.2 cm³/mol. The lowest BCUT2D eigenvalue weighted by Crippen LogP contribution is -2.43. The topological polar surface area (TPSA) is 77.4 Å². The Balaban J connectivity index is 2.11. The first-order chi connectivity index (χ1) is 6.98. The van der Waals surface area contributed by atoms with Gasteiger partial charge in [-0.1, -0.05) is 19.3 Å². The fourth-order valence-corrected chi connectivity index (χ4v) is 4.07. The number of rotatable bonds is 1. The Morgan fingerprint density at radius 3 is 2.47 bits per heavy atom. The summed E-state index contributed by atoms with van der Waals surface area (Å²) < 4.78 is 32.8. The third kappa shape index (κ3) is 2.34. The molecule has 0 aromatic rings. The molecule has 0 aliphatic heterocycles. The lowest BCUT2D eigenvalue weighted by atomic mass is 9.69. The smallest absolute Gasteiger partial charge is 0.0976 e. The monoisotopic (exact) mass is 233 g/mol. The molecule has 5 heteroatoms. The van der Waals surface area contributed by atoms with Gasteiger partial charge in [-0.05, 0) is 31.1 Å². The summed E-state index contributed by atoms with van der Waals surface area (Å²) in [6.45, 7) is 0. The molecule has 0 amide bonds. The molecule has 0 aromatic carbocycles. The molecule has 2 aliphatic rings. The molecule has 0 bridgehead atoms. The molecule has 15 heavy (non-hydrogen) atoms. The van der Waals surface area contributed by atoms with E-state index in [0.717, 1.165) is 25.7 Å². The summed E-state index contributed by atoms with van der Waals surface area (Å²) in [5.74, 6) is 0.480. The van der Waals surface area contributed by atoms with Crippen LogP contribution in [0.4, 0.5) is 0 Å². The van der Waals surface area contributed by atoms with Crippen LogP contribution in [0.1, 0.15) is 38.5 Å². The highest BCUT2D eigenvalue weighted by Gasteiger charge is 2.39. The van der Waals surface area contributed by atoms with Gasteiger partial charge in [-0.2, -0.15) is 0 Å². The van der Waals surface area contributed by atoms with Crippen molar-refractivity contribution in [2.75, 3.05) is 0 Å². The van der Waals surface area contributed by atoms with Crippen LogP contribution in [0.5, 0.6) is 0 Å². The van der Waals surface area contributed by atoms with Crippen molar-refractivity contribution in [1.29, 1.82) is 0 Å². The lowest BCUT2D eigenvalue weighted by molar-refractivity contribution is 0.0110. The van der Waals surface area contributed by atoms with Crippen LogP contribution in [0.25, 0.3) is 0 Å². The zero-order valence-electron chi connectivity index (χ0n) is 8.63. The molecular formula is C10H17O4S-. The Bertz CT molecular complexity index is 324. The molecule has 4 unspecified atom stereocenters. The highest BCUT2D eigenvalue weighted by Crippen LogP contribution is 2.42. The minimum Gasteiger partial charge on any atom is -0.748 e. The zero-order valence-corrected chi connectivity index (χ0v) is 9.45. The quantitative estimate of drug-likeness (QED) is 0.681. The molecule has 2 fully saturated rings. The SMILES string of the molecule is O=S(=O)([O-])C1CC(O)C2CCCCC2C1. The van der Waals surface area contributed by atoms with E-state index in [-0.39, 0.29) is 18.3 Å². The normalized spacial score (nSPS) is 42.3. The molecule has 0 aromatic heterocycles. The maximum atomic E-state index is 10.9. The minimum absolute atomic E-state index is 0.146. The minimum atomic E-state index is -4.22. The zero-order chi connectivity index (χ0) is 11.1. The van der Waals surface area contributed by atoms with Crippen LogP contribution in [0, 0.1) is 11.8 Å². The van der Waals surface area contributed by atoms with E-state index >= 15 is 0 Å². The molecule has 4 atom stereocenters. The average molecular weight is 233 g/mol. The van der Waals surface area contributed by atoms with Crippen LogP contribution >= 0.6 is 0 Å². The van der Waals surface area contributed by atoms with E-state index < -0.39 is 21.5 Å². The van der Waals surface area contributed by atoms with E-state index in [4.69, 9.17) is 0 Å². The summed E-state index contributed by atoms with van der Waals surface area (Å²) in [5, 5.41) is 8.98. The highest BCUT2D eigenvalue weighted by atomic mass is 32.2. The summed E-state index contributed by atoms with van der Waals surface area (Å²) in [6.07, 6.45) is 4.19. The van der Waals surface area contributed by atoms with Gasteiger partial charge < -0.3 is 9.66 Å². The van der Waals surface area contributed by atoms with Crippen molar-refractivity contribution in [2.24, 2.45) is 11.8 Å². The number of aliphatic hydroxyl groups excluding tert-OH is 1. The Morgan fingerprint density at radius 2 is 1.80 bits per heavy atom. The first kappa shape index (κ1) is 11.4. The number of fused-ring (bicyclic) bond motifs is 1. The fraction of sp³-hybridized carbons (Fsp3) is 1.00. The summed E-state index contributed by atoms with van der Waals surface area (Å²) >= 11 is 0. The maximum Gasteiger partial charge on any atom is 0.0976 e. The molecule has 4 nitrogen and oxygen atoms in total. The van der Waals surface area contributed by atoms with Crippen LogP contribution in [-0.4, -0.2) is 29.4 Å². The second kappa shape index (κ2) is 4.03. The van der Waals surface area contributed by atoms with Gasteiger partial charge in [-0.3, -0.25) is 0 Å². The van der Waals surface area contributed by atoms with E-state index in [0.29, 0.717) is 6.42 Å². The van der Waals surface area contributed by atoms with Gasteiger partial charge in [0, 0.05) is 0 Å². The summed E-state index contributed by atoms with van der Waals surface area (Å²) in [6, 6.07) is 0. The summed E-state index contributed by atoms with van der Waals surface area (Å²) in [5.41, 5.74) is 0. The van der Waals surface area contributed by atoms with Gasteiger partial charge in [0.15, 0.2) is 0 Å². The third-order valence-corrected chi connectivity index (χ3v) is 5.14. The third-order valence-electron chi connectivity index (χ3n) is 3.94. The van der Waals surface area contributed by atoms with Gasteiger partial charge in [-0.25, -0.2) is 8.42 Å². The molecule has 2 aliphatic carbocycles. The van der Waals surface area contributed by atoms with E-state index in [9.17, 15) is 18.1 Å². The Kier molecular flexibility index (Phi) is 3.05. The van der Waals surface area contributed by atoms with Crippen LogP contribution in [0.15, 0.2) is 0 Å². The van der Waals surface area contributed by atoms with E-state index in [1.807, 2.05) is 0 Å².